The number of ether oxygens (including phenoxy) is 1. The number of urea groups is 1. The van der Waals surface area contributed by atoms with Crippen molar-refractivity contribution in [2.45, 2.75) is 25.9 Å². The molecule has 2 aliphatic heterocycles. The maximum atomic E-state index is 12.2. The molecule has 0 unspecified atom stereocenters. The van der Waals surface area contributed by atoms with E-state index in [1.807, 2.05) is 31.2 Å². The molecule has 2 aromatic rings. The van der Waals surface area contributed by atoms with Crippen LogP contribution in [0.5, 0.6) is 0 Å². The average molecular weight is 297 g/mol. The summed E-state index contributed by atoms with van der Waals surface area (Å²) in [7, 11) is 0. The molecule has 22 heavy (non-hydrogen) atoms. The number of hydrogen-bond donors (Lipinski definition) is 2. The van der Waals surface area contributed by atoms with Crippen LogP contribution in [0.15, 0.2) is 30.5 Å². The number of aryl methyl sites for hydroxylation is 1. The van der Waals surface area contributed by atoms with Gasteiger partial charge in [0.15, 0.2) is 0 Å². The Balaban J connectivity index is 1.46. The van der Waals surface area contributed by atoms with Crippen molar-refractivity contribution in [2.75, 3.05) is 18.5 Å². The van der Waals surface area contributed by atoms with Gasteiger partial charge in [-0.05, 0) is 31.9 Å². The number of amides is 2. The third-order valence-electron chi connectivity index (χ3n) is 4.82. The second-order valence-electron chi connectivity index (χ2n) is 6.45. The van der Waals surface area contributed by atoms with E-state index in [4.69, 9.17) is 4.74 Å². The van der Waals surface area contributed by atoms with Gasteiger partial charge in [-0.1, -0.05) is 12.1 Å². The fourth-order valence-corrected chi connectivity index (χ4v) is 3.53. The van der Waals surface area contributed by atoms with Gasteiger partial charge >= 0.3 is 6.03 Å². The molecule has 5 rings (SSSR count). The molecule has 5 nitrogen and oxygen atoms in total. The summed E-state index contributed by atoms with van der Waals surface area (Å²) in [6.07, 6.45) is 4.35. The normalized spacial score (nSPS) is 25.8. The molecule has 2 N–H and O–H groups in total. The van der Waals surface area contributed by atoms with Gasteiger partial charge in [0.25, 0.3) is 0 Å². The van der Waals surface area contributed by atoms with Gasteiger partial charge in [0.2, 0.25) is 0 Å². The van der Waals surface area contributed by atoms with E-state index in [9.17, 15) is 4.79 Å². The number of benzene rings is 1. The molecule has 3 aliphatic rings. The summed E-state index contributed by atoms with van der Waals surface area (Å²) < 4.78 is 5.57. The number of nitrogens with zero attached hydrogens (tertiary/aromatic N) is 1. The lowest BCUT2D eigenvalue weighted by atomic mass is 9.70. The Morgan fingerprint density at radius 3 is 3.00 bits per heavy atom. The van der Waals surface area contributed by atoms with Crippen molar-refractivity contribution in [2.24, 2.45) is 5.41 Å². The predicted octanol–water partition coefficient (Wildman–Crippen LogP) is 2.84. The Labute approximate surface area is 129 Å². The van der Waals surface area contributed by atoms with Crippen molar-refractivity contribution in [1.82, 2.24) is 10.3 Å². The van der Waals surface area contributed by atoms with Crippen LogP contribution in [0.3, 0.4) is 0 Å². The second-order valence-corrected chi connectivity index (χ2v) is 6.45. The first-order valence-corrected chi connectivity index (χ1v) is 7.66. The van der Waals surface area contributed by atoms with E-state index in [1.165, 1.54) is 0 Å². The van der Waals surface area contributed by atoms with Crippen molar-refractivity contribution in [3.63, 3.8) is 0 Å². The molecular weight excluding hydrogens is 278 g/mol. The molecular formula is C17H19N3O2. The zero-order valence-corrected chi connectivity index (χ0v) is 12.6. The van der Waals surface area contributed by atoms with Crippen LogP contribution in [0.4, 0.5) is 10.5 Å². The largest absolute Gasteiger partial charge is 0.378 e. The van der Waals surface area contributed by atoms with Crippen LogP contribution < -0.4 is 10.6 Å². The molecule has 0 atom stereocenters. The summed E-state index contributed by atoms with van der Waals surface area (Å²) in [5.41, 5.74) is 1.96. The number of hydrogen-bond acceptors (Lipinski definition) is 3. The highest BCUT2D eigenvalue weighted by Gasteiger charge is 2.51. The minimum absolute atomic E-state index is 0.160. The lowest BCUT2D eigenvalue weighted by Crippen LogP contribution is -2.44. The molecule has 3 heterocycles. The molecule has 0 spiro atoms. The fraction of sp³-hybridized carbons (Fsp3) is 0.412. The number of anilines is 1. The molecule has 114 valence electrons. The lowest BCUT2D eigenvalue weighted by Gasteiger charge is -2.35. The summed E-state index contributed by atoms with van der Waals surface area (Å²) >= 11 is 0. The lowest BCUT2D eigenvalue weighted by molar-refractivity contribution is 0.112. The molecule has 2 amide bonds. The third kappa shape index (κ3) is 2.22. The minimum atomic E-state index is -0.160. The quantitative estimate of drug-likeness (QED) is 0.915. The van der Waals surface area contributed by atoms with E-state index < -0.39 is 0 Å². The van der Waals surface area contributed by atoms with Crippen LogP contribution in [-0.4, -0.2) is 30.3 Å². The van der Waals surface area contributed by atoms with Gasteiger partial charge in [0.05, 0.1) is 18.4 Å². The van der Waals surface area contributed by atoms with E-state index in [0.717, 1.165) is 41.6 Å². The molecule has 0 radical (unpaired) electrons. The van der Waals surface area contributed by atoms with Crippen molar-refractivity contribution >= 4 is 22.5 Å². The monoisotopic (exact) mass is 297 g/mol. The summed E-state index contributed by atoms with van der Waals surface area (Å²) in [4.78, 5) is 16.5. The standard InChI is InChI=1S/C17H19N3O2/c1-11-13-3-2-4-15(14(13)5-6-18-11)20-16(21)19-9-17-7-12(8-17)22-10-17/h2-6,12H,7-10H2,1H3,(H2,19,20,21). The van der Waals surface area contributed by atoms with Gasteiger partial charge in [-0.25, -0.2) is 4.79 Å². The molecule has 1 saturated carbocycles. The van der Waals surface area contributed by atoms with Crippen molar-refractivity contribution in [3.05, 3.63) is 36.2 Å². The first-order valence-electron chi connectivity index (χ1n) is 7.66. The highest BCUT2D eigenvalue weighted by atomic mass is 16.5. The third-order valence-corrected chi connectivity index (χ3v) is 4.82. The summed E-state index contributed by atoms with van der Waals surface area (Å²) in [5.74, 6) is 0. The molecule has 1 aromatic heterocycles. The van der Waals surface area contributed by atoms with Crippen molar-refractivity contribution in [1.29, 1.82) is 0 Å². The Bertz CT molecular complexity index is 732. The number of carbonyl (C=O) groups excluding carboxylic acids is 1. The van der Waals surface area contributed by atoms with Gasteiger partial charge in [-0.3, -0.25) is 4.98 Å². The summed E-state index contributed by atoms with van der Waals surface area (Å²) in [6, 6.07) is 7.64. The molecule has 2 saturated heterocycles. The Morgan fingerprint density at radius 2 is 2.23 bits per heavy atom. The number of aromatic nitrogens is 1. The second kappa shape index (κ2) is 4.95. The Kier molecular flexibility index (Phi) is 3.04. The maximum absolute atomic E-state index is 12.2. The SMILES string of the molecule is Cc1nccc2c(NC(=O)NCC34COC(C3)C4)cccc12. The zero-order valence-electron chi connectivity index (χ0n) is 12.6. The number of pyridine rings is 1. The Morgan fingerprint density at radius 1 is 1.36 bits per heavy atom. The maximum Gasteiger partial charge on any atom is 0.319 e. The van der Waals surface area contributed by atoms with Crippen molar-refractivity contribution in [3.8, 4) is 0 Å². The van der Waals surface area contributed by atoms with Crippen LogP contribution in [0.1, 0.15) is 18.5 Å². The minimum Gasteiger partial charge on any atom is -0.378 e. The van der Waals surface area contributed by atoms with Crippen LogP contribution >= 0.6 is 0 Å². The molecule has 1 aliphatic carbocycles. The van der Waals surface area contributed by atoms with Gasteiger partial charge < -0.3 is 15.4 Å². The number of nitrogens with one attached hydrogen (secondary N) is 2. The van der Waals surface area contributed by atoms with E-state index in [1.54, 1.807) is 6.20 Å². The van der Waals surface area contributed by atoms with Gasteiger partial charge in [-0.15, -0.1) is 0 Å². The summed E-state index contributed by atoms with van der Waals surface area (Å²) in [6.45, 7) is 3.43. The van der Waals surface area contributed by atoms with Crippen LogP contribution in [0, 0.1) is 12.3 Å². The summed E-state index contributed by atoms with van der Waals surface area (Å²) in [5, 5.41) is 8.01. The van der Waals surface area contributed by atoms with Crippen LogP contribution in [0.25, 0.3) is 10.8 Å². The van der Waals surface area contributed by atoms with Gasteiger partial charge in [-0.2, -0.15) is 0 Å². The topological polar surface area (TPSA) is 63.2 Å². The number of carbonyl (C=O) groups is 1. The molecule has 5 heteroatoms. The molecule has 1 aromatic carbocycles. The van der Waals surface area contributed by atoms with Crippen LogP contribution in [-0.2, 0) is 4.74 Å². The van der Waals surface area contributed by atoms with Gasteiger partial charge in [0.1, 0.15) is 0 Å². The average Bonchev–Trinajstić information content (AvgIpc) is 3.07. The zero-order chi connectivity index (χ0) is 15.2. The van der Waals surface area contributed by atoms with E-state index >= 15 is 0 Å². The highest BCUT2D eigenvalue weighted by molar-refractivity contribution is 6.02. The van der Waals surface area contributed by atoms with Gasteiger partial charge in [0, 0.05) is 34.6 Å². The van der Waals surface area contributed by atoms with Crippen LogP contribution in [0.2, 0.25) is 0 Å². The number of fused-ring (bicyclic) bond motifs is 2. The molecule has 3 fully saturated rings. The highest BCUT2D eigenvalue weighted by Crippen LogP contribution is 2.49. The number of rotatable bonds is 3. The van der Waals surface area contributed by atoms with E-state index in [0.29, 0.717) is 12.6 Å². The first kappa shape index (κ1) is 13.5. The predicted molar refractivity (Wildman–Crippen MR) is 84.9 cm³/mol. The van der Waals surface area contributed by atoms with E-state index in [2.05, 4.69) is 15.6 Å². The smallest absolute Gasteiger partial charge is 0.319 e. The van der Waals surface area contributed by atoms with E-state index in [-0.39, 0.29) is 11.4 Å². The van der Waals surface area contributed by atoms with Crippen molar-refractivity contribution < 1.29 is 9.53 Å². The fourth-order valence-electron chi connectivity index (χ4n) is 3.53. The first-order chi connectivity index (χ1) is 10.7. The molecule has 2 bridgehead atoms. The Hall–Kier alpha value is -2.14.